The fourth-order valence-corrected chi connectivity index (χ4v) is 1.07. The SMILES string of the molecule is C#C[C@@](C)(O)CCC[C@H](C)CC. The van der Waals surface area contributed by atoms with Crippen molar-refractivity contribution >= 4 is 0 Å². The van der Waals surface area contributed by atoms with Gasteiger partial charge < -0.3 is 5.11 Å². The monoisotopic (exact) mass is 168 g/mol. The first-order valence-electron chi connectivity index (χ1n) is 4.72. The van der Waals surface area contributed by atoms with Gasteiger partial charge in [0.25, 0.3) is 0 Å². The summed E-state index contributed by atoms with van der Waals surface area (Å²) in [6.07, 6.45) is 9.26. The van der Waals surface area contributed by atoms with E-state index in [1.165, 1.54) is 6.42 Å². The predicted octanol–water partition coefficient (Wildman–Crippen LogP) is 2.59. The molecule has 0 aliphatic rings. The van der Waals surface area contributed by atoms with Crippen molar-refractivity contribution in [3.8, 4) is 12.3 Å². The van der Waals surface area contributed by atoms with Crippen LogP contribution in [0.3, 0.4) is 0 Å². The van der Waals surface area contributed by atoms with Crippen LogP contribution >= 0.6 is 0 Å². The molecule has 1 N–H and O–H groups in total. The summed E-state index contributed by atoms with van der Waals surface area (Å²) in [6.45, 7) is 6.11. The Hall–Kier alpha value is -0.480. The third-order valence-corrected chi connectivity index (χ3v) is 2.37. The second-order valence-corrected chi connectivity index (χ2v) is 3.82. The molecule has 0 unspecified atom stereocenters. The molecule has 2 atom stereocenters. The van der Waals surface area contributed by atoms with Crippen LogP contribution in [0.5, 0.6) is 0 Å². The number of terminal acetylenes is 1. The van der Waals surface area contributed by atoms with Crippen LogP contribution < -0.4 is 0 Å². The molecule has 0 bridgehead atoms. The van der Waals surface area contributed by atoms with Gasteiger partial charge in [0.05, 0.1) is 0 Å². The highest BCUT2D eigenvalue weighted by Crippen LogP contribution is 2.16. The fourth-order valence-electron chi connectivity index (χ4n) is 1.07. The van der Waals surface area contributed by atoms with Crippen LogP contribution in [-0.4, -0.2) is 10.7 Å². The quantitative estimate of drug-likeness (QED) is 0.626. The van der Waals surface area contributed by atoms with Crippen molar-refractivity contribution in [2.75, 3.05) is 0 Å². The van der Waals surface area contributed by atoms with Crippen LogP contribution in [0.15, 0.2) is 0 Å². The Morgan fingerprint density at radius 1 is 1.58 bits per heavy atom. The van der Waals surface area contributed by atoms with Crippen LogP contribution in [0.25, 0.3) is 0 Å². The zero-order valence-corrected chi connectivity index (χ0v) is 8.43. The van der Waals surface area contributed by atoms with E-state index < -0.39 is 5.60 Å². The molecule has 0 saturated carbocycles. The summed E-state index contributed by atoms with van der Waals surface area (Å²) in [5.74, 6) is 3.14. The van der Waals surface area contributed by atoms with Crippen LogP contribution in [0.2, 0.25) is 0 Å². The average Bonchev–Trinajstić information content (AvgIpc) is 2.04. The van der Waals surface area contributed by atoms with Gasteiger partial charge in [-0.3, -0.25) is 0 Å². The van der Waals surface area contributed by atoms with Gasteiger partial charge in [0, 0.05) is 0 Å². The van der Waals surface area contributed by atoms with Crippen molar-refractivity contribution in [1.82, 2.24) is 0 Å². The maximum absolute atomic E-state index is 9.47. The largest absolute Gasteiger partial charge is 0.378 e. The molecule has 0 aromatic heterocycles. The fraction of sp³-hybridized carbons (Fsp3) is 0.818. The predicted molar refractivity (Wildman–Crippen MR) is 52.8 cm³/mol. The number of hydrogen-bond acceptors (Lipinski definition) is 1. The van der Waals surface area contributed by atoms with Gasteiger partial charge in [-0.15, -0.1) is 6.42 Å². The normalized spacial score (nSPS) is 17.9. The summed E-state index contributed by atoms with van der Waals surface area (Å²) in [5, 5.41) is 9.47. The highest BCUT2D eigenvalue weighted by Gasteiger charge is 2.15. The van der Waals surface area contributed by atoms with Gasteiger partial charge in [-0.1, -0.05) is 32.6 Å². The summed E-state index contributed by atoms with van der Waals surface area (Å²) in [7, 11) is 0. The van der Waals surface area contributed by atoms with E-state index in [1.54, 1.807) is 6.92 Å². The van der Waals surface area contributed by atoms with E-state index in [1.807, 2.05) is 0 Å². The second kappa shape index (κ2) is 5.22. The molecule has 1 heteroatoms. The topological polar surface area (TPSA) is 20.2 Å². The molecule has 0 aliphatic carbocycles. The minimum Gasteiger partial charge on any atom is -0.378 e. The second-order valence-electron chi connectivity index (χ2n) is 3.82. The van der Waals surface area contributed by atoms with Crippen LogP contribution in [0.4, 0.5) is 0 Å². The number of aliphatic hydroxyl groups is 1. The molecule has 0 aromatic carbocycles. The zero-order chi connectivity index (χ0) is 9.61. The lowest BCUT2D eigenvalue weighted by Crippen LogP contribution is -2.20. The Bertz CT molecular complexity index is 153. The summed E-state index contributed by atoms with van der Waals surface area (Å²) < 4.78 is 0. The Morgan fingerprint density at radius 2 is 2.17 bits per heavy atom. The Kier molecular flexibility index (Phi) is 5.01. The van der Waals surface area contributed by atoms with Gasteiger partial charge in [0.1, 0.15) is 5.60 Å². The van der Waals surface area contributed by atoms with Crippen LogP contribution in [0, 0.1) is 18.3 Å². The minimum absolute atomic E-state index is 0.716. The summed E-state index contributed by atoms with van der Waals surface area (Å²) >= 11 is 0. The van der Waals surface area contributed by atoms with Gasteiger partial charge in [-0.05, 0) is 25.7 Å². The molecule has 1 nitrogen and oxygen atoms in total. The molecule has 0 aliphatic heterocycles. The van der Waals surface area contributed by atoms with Crippen molar-refractivity contribution in [2.24, 2.45) is 5.92 Å². The molecule has 0 rings (SSSR count). The lowest BCUT2D eigenvalue weighted by Gasteiger charge is -2.16. The molecular weight excluding hydrogens is 148 g/mol. The van der Waals surface area contributed by atoms with Crippen LogP contribution in [-0.2, 0) is 0 Å². The smallest absolute Gasteiger partial charge is 0.122 e. The zero-order valence-electron chi connectivity index (χ0n) is 8.43. The first-order chi connectivity index (χ1) is 5.52. The third kappa shape index (κ3) is 5.21. The maximum Gasteiger partial charge on any atom is 0.122 e. The van der Waals surface area contributed by atoms with Gasteiger partial charge in [-0.25, -0.2) is 0 Å². The van der Waals surface area contributed by atoms with Gasteiger partial charge in [-0.2, -0.15) is 0 Å². The highest BCUT2D eigenvalue weighted by atomic mass is 16.3. The van der Waals surface area contributed by atoms with E-state index in [4.69, 9.17) is 6.42 Å². The number of rotatable bonds is 5. The van der Waals surface area contributed by atoms with E-state index in [-0.39, 0.29) is 0 Å². The third-order valence-electron chi connectivity index (χ3n) is 2.37. The van der Waals surface area contributed by atoms with Gasteiger partial charge in [0.2, 0.25) is 0 Å². The van der Waals surface area contributed by atoms with E-state index in [2.05, 4.69) is 19.8 Å². The molecular formula is C11H20O. The lowest BCUT2D eigenvalue weighted by molar-refractivity contribution is 0.107. The standard InChI is InChI=1S/C11H20O/c1-5-10(3)8-7-9-11(4,12)6-2/h2,10,12H,5,7-9H2,1,3-4H3/t10-,11-/m1/s1. The number of hydrogen-bond donors (Lipinski definition) is 1. The van der Waals surface area contributed by atoms with Crippen molar-refractivity contribution in [3.05, 3.63) is 0 Å². The molecule has 0 heterocycles. The summed E-state index contributed by atoms with van der Waals surface area (Å²) in [4.78, 5) is 0. The Morgan fingerprint density at radius 3 is 2.58 bits per heavy atom. The Labute approximate surface area is 76.2 Å². The summed E-state index contributed by atoms with van der Waals surface area (Å²) in [6, 6.07) is 0. The average molecular weight is 168 g/mol. The van der Waals surface area contributed by atoms with Crippen LogP contribution in [0.1, 0.15) is 46.5 Å². The lowest BCUT2D eigenvalue weighted by atomic mass is 9.95. The molecule has 0 spiro atoms. The molecule has 70 valence electrons. The van der Waals surface area contributed by atoms with E-state index in [0.29, 0.717) is 6.42 Å². The molecule has 0 fully saturated rings. The van der Waals surface area contributed by atoms with E-state index in [9.17, 15) is 5.11 Å². The van der Waals surface area contributed by atoms with Crippen molar-refractivity contribution < 1.29 is 5.11 Å². The molecule has 0 amide bonds. The molecule has 0 radical (unpaired) electrons. The van der Waals surface area contributed by atoms with Crippen molar-refractivity contribution in [2.45, 2.75) is 52.1 Å². The molecule has 12 heavy (non-hydrogen) atoms. The minimum atomic E-state index is -0.895. The highest BCUT2D eigenvalue weighted by molar-refractivity contribution is 5.03. The van der Waals surface area contributed by atoms with Crippen molar-refractivity contribution in [1.29, 1.82) is 0 Å². The Balaban J connectivity index is 3.51. The summed E-state index contributed by atoms with van der Waals surface area (Å²) in [5.41, 5.74) is -0.895. The maximum atomic E-state index is 9.47. The first-order valence-corrected chi connectivity index (χ1v) is 4.72. The van der Waals surface area contributed by atoms with Gasteiger partial charge >= 0.3 is 0 Å². The molecule has 0 saturated heterocycles. The van der Waals surface area contributed by atoms with Crippen molar-refractivity contribution in [3.63, 3.8) is 0 Å². The van der Waals surface area contributed by atoms with E-state index >= 15 is 0 Å². The first kappa shape index (κ1) is 11.5. The molecule has 0 aromatic rings. The van der Waals surface area contributed by atoms with Gasteiger partial charge in [0.15, 0.2) is 0 Å². The van der Waals surface area contributed by atoms with E-state index in [0.717, 1.165) is 18.8 Å².